The molecule has 1 aliphatic rings. The average Bonchev–Trinajstić information content (AvgIpc) is 2.71. The first-order valence-corrected chi connectivity index (χ1v) is 9.61. The number of rotatable bonds is 5. The molecule has 0 aliphatic heterocycles. The number of hydrogen-bond donors (Lipinski definition) is 2. The van der Waals surface area contributed by atoms with E-state index in [1.165, 1.54) is 12.1 Å². The normalized spacial score (nSPS) is 14.5. The molecule has 0 aromatic heterocycles. The van der Waals surface area contributed by atoms with Gasteiger partial charge >= 0.3 is 0 Å². The van der Waals surface area contributed by atoms with Crippen LogP contribution in [-0.2, 0) is 10.2 Å². The molecular formula is C24H21FN2O2. The van der Waals surface area contributed by atoms with Crippen molar-refractivity contribution in [1.82, 2.24) is 0 Å². The standard InChI is InChI=1S/C24H21FN2O2/c25-19-9-13-21(14-10-19)27-23(29)24(15-4-16-24)18-7-11-20(12-8-18)26-22(28)17-5-2-1-3-6-17/h1-3,5-14H,4,15-16H2,(H,26,28)(H,27,29). The summed E-state index contributed by atoms with van der Waals surface area (Å²) in [6.07, 6.45) is 2.49. The SMILES string of the molecule is O=C(Nc1ccc(C2(C(=O)Nc3ccc(F)cc3)CCC2)cc1)c1ccccc1. The maximum absolute atomic E-state index is 13.1. The fourth-order valence-corrected chi connectivity index (χ4v) is 3.63. The summed E-state index contributed by atoms with van der Waals surface area (Å²) in [5.41, 5.74) is 2.17. The lowest BCUT2D eigenvalue weighted by Crippen LogP contribution is -2.46. The minimum absolute atomic E-state index is 0.0866. The molecule has 2 N–H and O–H groups in total. The van der Waals surface area contributed by atoms with Gasteiger partial charge in [-0.3, -0.25) is 9.59 Å². The highest BCUT2D eigenvalue weighted by Crippen LogP contribution is 2.45. The second kappa shape index (κ2) is 7.87. The van der Waals surface area contributed by atoms with Crippen molar-refractivity contribution in [2.24, 2.45) is 0 Å². The number of anilines is 2. The van der Waals surface area contributed by atoms with Crippen LogP contribution in [0, 0.1) is 5.82 Å². The molecule has 4 rings (SSSR count). The molecule has 0 radical (unpaired) electrons. The van der Waals surface area contributed by atoms with E-state index in [0.29, 0.717) is 16.9 Å². The highest BCUT2D eigenvalue weighted by molar-refractivity contribution is 6.04. The minimum atomic E-state index is -0.587. The molecule has 0 atom stereocenters. The Bertz CT molecular complexity index is 1010. The Morgan fingerprint density at radius 2 is 1.34 bits per heavy atom. The van der Waals surface area contributed by atoms with E-state index in [4.69, 9.17) is 0 Å². The molecule has 4 nitrogen and oxygen atoms in total. The summed E-state index contributed by atoms with van der Waals surface area (Å²) in [6.45, 7) is 0. The quantitative estimate of drug-likeness (QED) is 0.636. The third-order valence-corrected chi connectivity index (χ3v) is 5.48. The Kier molecular flexibility index (Phi) is 5.12. The third kappa shape index (κ3) is 3.90. The molecule has 1 fully saturated rings. The molecule has 0 saturated heterocycles. The Morgan fingerprint density at radius 3 is 1.93 bits per heavy atom. The van der Waals surface area contributed by atoms with Crippen molar-refractivity contribution in [3.63, 3.8) is 0 Å². The second-order valence-corrected chi connectivity index (χ2v) is 7.29. The topological polar surface area (TPSA) is 58.2 Å². The van der Waals surface area contributed by atoms with E-state index in [0.717, 1.165) is 24.8 Å². The molecule has 1 saturated carbocycles. The van der Waals surface area contributed by atoms with Gasteiger partial charge in [-0.15, -0.1) is 0 Å². The van der Waals surface area contributed by atoms with Crippen molar-refractivity contribution in [3.05, 3.63) is 95.8 Å². The van der Waals surface area contributed by atoms with Crippen LogP contribution in [0.3, 0.4) is 0 Å². The molecule has 1 aliphatic carbocycles. The summed E-state index contributed by atoms with van der Waals surface area (Å²) < 4.78 is 13.1. The van der Waals surface area contributed by atoms with Crippen molar-refractivity contribution in [2.45, 2.75) is 24.7 Å². The van der Waals surface area contributed by atoms with Gasteiger partial charge in [0.05, 0.1) is 5.41 Å². The zero-order valence-corrected chi connectivity index (χ0v) is 15.8. The Labute approximate surface area is 168 Å². The molecule has 0 unspecified atom stereocenters. The fourth-order valence-electron chi connectivity index (χ4n) is 3.63. The van der Waals surface area contributed by atoms with E-state index in [1.54, 1.807) is 24.3 Å². The lowest BCUT2D eigenvalue weighted by Gasteiger charge is -2.40. The summed E-state index contributed by atoms with van der Waals surface area (Å²) in [4.78, 5) is 25.3. The van der Waals surface area contributed by atoms with Crippen molar-refractivity contribution in [2.75, 3.05) is 10.6 Å². The maximum Gasteiger partial charge on any atom is 0.255 e. The number of nitrogens with one attached hydrogen (secondary N) is 2. The van der Waals surface area contributed by atoms with Crippen LogP contribution < -0.4 is 10.6 Å². The molecule has 5 heteroatoms. The molecule has 3 aromatic carbocycles. The molecule has 146 valence electrons. The highest BCUT2D eigenvalue weighted by Gasteiger charge is 2.45. The van der Waals surface area contributed by atoms with Crippen LogP contribution in [0.15, 0.2) is 78.9 Å². The Balaban J connectivity index is 1.48. The average molecular weight is 388 g/mol. The van der Waals surface area contributed by atoms with Gasteiger partial charge in [-0.05, 0) is 66.9 Å². The molecule has 0 bridgehead atoms. The van der Waals surface area contributed by atoms with Gasteiger partial charge < -0.3 is 10.6 Å². The van der Waals surface area contributed by atoms with E-state index in [-0.39, 0.29) is 17.6 Å². The highest BCUT2D eigenvalue weighted by atomic mass is 19.1. The zero-order chi connectivity index (χ0) is 20.3. The smallest absolute Gasteiger partial charge is 0.255 e. The van der Waals surface area contributed by atoms with E-state index in [9.17, 15) is 14.0 Å². The van der Waals surface area contributed by atoms with E-state index in [1.807, 2.05) is 42.5 Å². The van der Waals surface area contributed by atoms with E-state index in [2.05, 4.69) is 10.6 Å². The number of carbonyl (C=O) groups is 2. The van der Waals surface area contributed by atoms with Crippen LogP contribution in [-0.4, -0.2) is 11.8 Å². The minimum Gasteiger partial charge on any atom is -0.325 e. The first kappa shape index (κ1) is 18.9. The number of hydrogen-bond acceptors (Lipinski definition) is 2. The predicted molar refractivity (Wildman–Crippen MR) is 111 cm³/mol. The van der Waals surface area contributed by atoms with Crippen LogP contribution in [0.25, 0.3) is 0 Å². The van der Waals surface area contributed by atoms with Crippen molar-refractivity contribution in [1.29, 1.82) is 0 Å². The van der Waals surface area contributed by atoms with E-state index >= 15 is 0 Å². The van der Waals surface area contributed by atoms with Crippen LogP contribution in [0.2, 0.25) is 0 Å². The monoisotopic (exact) mass is 388 g/mol. The number of carbonyl (C=O) groups excluding carboxylic acids is 2. The van der Waals surface area contributed by atoms with Crippen LogP contribution in [0.4, 0.5) is 15.8 Å². The summed E-state index contributed by atoms with van der Waals surface area (Å²) in [5, 5.41) is 5.78. The van der Waals surface area contributed by atoms with Crippen molar-refractivity contribution >= 4 is 23.2 Å². The summed E-state index contributed by atoms with van der Waals surface area (Å²) in [7, 11) is 0. The molecule has 3 aromatic rings. The number of amides is 2. The van der Waals surface area contributed by atoms with E-state index < -0.39 is 5.41 Å². The first-order chi connectivity index (χ1) is 14.1. The van der Waals surface area contributed by atoms with Gasteiger partial charge in [-0.1, -0.05) is 36.8 Å². The predicted octanol–water partition coefficient (Wildman–Crippen LogP) is 5.14. The van der Waals surface area contributed by atoms with Crippen molar-refractivity contribution in [3.8, 4) is 0 Å². The van der Waals surface area contributed by atoms with Gasteiger partial charge in [0, 0.05) is 16.9 Å². The lowest BCUT2D eigenvalue weighted by molar-refractivity contribution is -0.124. The fraction of sp³-hybridized carbons (Fsp3) is 0.167. The summed E-state index contributed by atoms with van der Waals surface area (Å²) in [5.74, 6) is -0.600. The van der Waals surface area contributed by atoms with Gasteiger partial charge in [0.1, 0.15) is 5.82 Å². The van der Waals surface area contributed by atoms with Gasteiger partial charge in [-0.25, -0.2) is 4.39 Å². The molecular weight excluding hydrogens is 367 g/mol. The lowest BCUT2D eigenvalue weighted by atomic mass is 9.63. The van der Waals surface area contributed by atoms with Crippen LogP contribution in [0.5, 0.6) is 0 Å². The summed E-state index contributed by atoms with van der Waals surface area (Å²) >= 11 is 0. The second-order valence-electron chi connectivity index (χ2n) is 7.29. The Morgan fingerprint density at radius 1 is 0.759 bits per heavy atom. The molecule has 2 amide bonds. The van der Waals surface area contributed by atoms with Gasteiger partial charge in [0.25, 0.3) is 5.91 Å². The number of benzene rings is 3. The molecule has 0 heterocycles. The summed E-state index contributed by atoms with van der Waals surface area (Å²) in [6, 6.07) is 22.2. The maximum atomic E-state index is 13.1. The van der Waals surface area contributed by atoms with Gasteiger partial charge in [0.2, 0.25) is 5.91 Å². The zero-order valence-electron chi connectivity index (χ0n) is 15.8. The molecule has 29 heavy (non-hydrogen) atoms. The third-order valence-electron chi connectivity index (χ3n) is 5.48. The van der Waals surface area contributed by atoms with Gasteiger partial charge in [0.15, 0.2) is 0 Å². The van der Waals surface area contributed by atoms with Crippen molar-refractivity contribution < 1.29 is 14.0 Å². The van der Waals surface area contributed by atoms with Crippen LogP contribution in [0.1, 0.15) is 35.2 Å². The first-order valence-electron chi connectivity index (χ1n) is 9.61. The molecule has 0 spiro atoms. The largest absolute Gasteiger partial charge is 0.325 e. The Hall–Kier alpha value is -3.47. The number of halogens is 1. The van der Waals surface area contributed by atoms with Gasteiger partial charge in [-0.2, -0.15) is 0 Å². The van der Waals surface area contributed by atoms with Crippen LogP contribution >= 0.6 is 0 Å².